The Labute approximate surface area is 114 Å². The highest BCUT2D eigenvalue weighted by Crippen LogP contribution is 2.27. The highest BCUT2D eigenvalue weighted by molar-refractivity contribution is 5.61. The van der Waals surface area contributed by atoms with E-state index in [1.54, 1.807) is 0 Å². The van der Waals surface area contributed by atoms with Crippen LogP contribution in [0.2, 0.25) is 0 Å². The van der Waals surface area contributed by atoms with Gasteiger partial charge in [0.25, 0.3) is 0 Å². The Kier molecular flexibility index (Phi) is 3.65. The van der Waals surface area contributed by atoms with E-state index >= 15 is 0 Å². The van der Waals surface area contributed by atoms with Gasteiger partial charge >= 0.3 is 0 Å². The quantitative estimate of drug-likeness (QED) is 0.912. The van der Waals surface area contributed by atoms with Gasteiger partial charge in [-0.25, -0.2) is 0 Å². The summed E-state index contributed by atoms with van der Waals surface area (Å²) in [6.45, 7) is 0.831. The Morgan fingerprint density at radius 3 is 2.63 bits per heavy atom. The highest BCUT2D eigenvalue weighted by atomic mass is 15.3. The van der Waals surface area contributed by atoms with Crippen LogP contribution in [0.15, 0.2) is 42.7 Å². The predicted molar refractivity (Wildman–Crippen MR) is 77.6 cm³/mol. The van der Waals surface area contributed by atoms with Crippen molar-refractivity contribution in [3.63, 3.8) is 0 Å². The van der Waals surface area contributed by atoms with Crippen molar-refractivity contribution in [2.75, 3.05) is 0 Å². The van der Waals surface area contributed by atoms with Crippen LogP contribution in [0.25, 0.3) is 11.1 Å². The van der Waals surface area contributed by atoms with Crippen LogP contribution in [0.4, 0.5) is 0 Å². The lowest BCUT2D eigenvalue weighted by atomic mass is 9.99. The minimum absolute atomic E-state index is 0.242. The number of nitrogens with two attached hydrogens (primary N) is 1. The van der Waals surface area contributed by atoms with Gasteiger partial charge in [-0.05, 0) is 24.3 Å². The molecule has 100 valence electrons. The molecular weight excluding hydrogens is 234 g/mol. The van der Waals surface area contributed by atoms with Crippen LogP contribution in [0, 0.1) is 5.92 Å². The molecule has 1 fully saturated rings. The zero-order valence-electron chi connectivity index (χ0n) is 11.2. The molecule has 1 heterocycles. The van der Waals surface area contributed by atoms with Crippen LogP contribution in [0.5, 0.6) is 0 Å². The van der Waals surface area contributed by atoms with Crippen molar-refractivity contribution < 1.29 is 0 Å². The van der Waals surface area contributed by atoms with Crippen LogP contribution >= 0.6 is 0 Å². The molecule has 2 aromatic rings. The summed E-state index contributed by atoms with van der Waals surface area (Å²) in [5.41, 5.74) is 8.68. The number of aromatic nitrogens is 2. The van der Waals surface area contributed by atoms with E-state index < -0.39 is 0 Å². The van der Waals surface area contributed by atoms with Crippen LogP contribution < -0.4 is 5.73 Å². The average Bonchev–Trinajstić information content (AvgIpc) is 3.11. The summed E-state index contributed by atoms with van der Waals surface area (Å²) < 4.78 is 1.99. The summed E-state index contributed by atoms with van der Waals surface area (Å²) in [4.78, 5) is 0. The molecule has 1 saturated carbocycles. The van der Waals surface area contributed by atoms with Gasteiger partial charge in [-0.1, -0.05) is 43.2 Å². The van der Waals surface area contributed by atoms with E-state index in [0.29, 0.717) is 5.92 Å². The summed E-state index contributed by atoms with van der Waals surface area (Å²) in [5.74, 6) is 0.685. The van der Waals surface area contributed by atoms with Crippen LogP contribution in [0.3, 0.4) is 0 Å². The largest absolute Gasteiger partial charge is 0.326 e. The fourth-order valence-corrected chi connectivity index (χ4v) is 2.99. The molecule has 0 bridgehead atoms. The minimum Gasteiger partial charge on any atom is -0.326 e. The monoisotopic (exact) mass is 255 g/mol. The SMILES string of the molecule is NC(Cn1cc(-c2ccccc2)cn1)C1CCCC1. The van der Waals surface area contributed by atoms with E-state index in [-0.39, 0.29) is 6.04 Å². The van der Waals surface area contributed by atoms with Gasteiger partial charge in [0.15, 0.2) is 0 Å². The van der Waals surface area contributed by atoms with Crippen LogP contribution in [0.1, 0.15) is 25.7 Å². The van der Waals surface area contributed by atoms with Crippen LogP contribution in [-0.4, -0.2) is 15.8 Å². The molecular formula is C16H21N3. The van der Waals surface area contributed by atoms with Crippen molar-refractivity contribution in [1.29, 1.82) is 0 Å². The summed E-state index contributed by atoms with van der Waals surface area (Å²) in [6.07, 6.45) is 9.28. The van der Waals surface area contributed by atoms with Crippen LogP contribution in [-0.2, 0) is 6.54 Å². The molecule has 1 aliphatic rings. The first-order valence-electron chi connectivity index (χ1n) is 7.16. The fourth-order valence-electron chi connectivity index (χ4n) is 2.99. The van der Waals surface area contributed by atoms with Gasteiger partial charge in [-0.15, -0.1) is 0 Å². The molecule has 1 atom stereocenters. The zero-order valence-corrected chi connectivity index (χ0v) is 11.2. The molecule has 3 rings (SSSR count). The van der Waals surface area contributed by atoms with Crippen molar-refractivity contribution in [3.05, 3.63) is 42.7 Å². The summed E-state index contributed by atoms with van der Waals surface area (Å²) in [5, 5.41) is 4.44. The Morgan fingerprint density at radius 1 is 1.16 bits per heavy atom. The third kappa shape index (κ3) is 2.87. The van der Waals surface area contributed by atoms with E-state index in [0.717, 1.165) is 6.54 Å². The van der Waals surface area contributed by atoms with Crippen molar-refractivity contribution in [3.8, 4) is 11.1 Å². The number of benzene rings is 1. The van der Waals surface area contributed by atoms with E-state index in [4.69, 9.17) is 5.73 Å². The van der Waals surface area contributed by atoms with E-state index in [9.17, 15) is 0 Å². The number of nitrogens with zero attached hydrogens (tertiary/aromatic N) is 2. The molecule has 3 nitrogen and oxygen atoms in total. The lowest BCUT2D eigenvalue weighted by Gasteiger charge is -2.18. The molecule has 1 aliphatic carbocycles. The molecule has 0 saturated heterocycles. The van der Waals surface area contributed by atoms with Gasteiger partial charge in [-0.3, -0.25) is 4.68 Å². The van der Waals surface area contributed by atoms with E-state index in [1.165, 1.54) is 36.8 Å². The van der Waals surface area contributed by atoms with E-state index in [1.807, 2.05) is 16.9 Å². The maximum Gasteiger partial charge on any atom is 0.0568 e. The Bertz CT molecular complexity index is 512. The molecule has 19 heavy (non-hydrogen) atoms. The highest BCUT2D eigenvalue weighted by Gasteiger charge is 2.22. The van der Waals surface area contributed by atoms with Crippen molar-refractivity contribution in [2.45, 2.75) is 38.3 Å². The fraction of sp³-hybridized carbons (Fsp3) is 0.438. The average molecular weight is 255 g/mol. The van der Waals surface area contributed by atoms with Crippen molar-refractivity contribution >= 4 is 0 Å². The number of hydrogen-bond donors (Lipinski definition) is 1. The molecule has 0 aliphatic heterocycles. The van der Waals surface area contributed by atoms with E-state index in [2.05, 4.69) is 35.6 Å². The topological polar surface area (TPSA) is 43.8 Å². The smallest absolute Gasteiger partial charge is 0.0568 e. The third-order valence-corrected chi connectivity index (χ3v) is 4.14. The second-order valence-corrected chi connectivity index (χ2v) is 5.53. The standard InChI is InChI=1S/C16H21N3/c17-16(14-8-4-5-9-14)12-19-11-15(10-18-19)13-6-2-1-3-7-13/h1-3,6-7,10-11,14,16H,4-5,8-9,12,17H2. The molecule has 3 heteroatoms. The second-order valence-electron chi connectivity index (χ2n) is 5.53. The van der Waals surface area contributed by atoms with Crippen molar-refractivity contribution in [1.82, 2.24) is 9.78 Å². The first kappa shape index (κ1) is 12.4. The first-order valence-corrected chi connectivity index (χ1v) is 7.16. The molecule has 1 aromatic heterocycles. The molecule has 1 aromatic carbocycles. The second kappa shape index (κ2) is 5.57. The molecule has 0 amide bonds. The summed E-state index contributed by atoms with van der Waals surface area (Å²) in [6, 6.07) is 10.6. The molecule has 0 spiro atoms. The molecule has 2 N–H and O–H groups in total. The van der Waals surface area contributed by atoms with Gasteiger partial charge < -0.3 is 5.73 Å². The molecule has 0 radical (unpaired) electrons. The zero-order chi connectivity index (χ0) is 13.1. The molecule has 1 unspecified atom stereocenters. The van der Waals surface area contributed by atoms with Gasteiger partial charge in [-0.2, -0.15) is 5.10 Å². The normalized spacial score (nSPS) is 17.7. The summed E-state index contributed by atoms with van der Waals surface area (Å²) >= 11 is 0. The maximum atomic E-state index is 6.30. The Morgan fingerprint density at radius 2 is 1.89 bits per heavy atom. The lowest BCUT2D eigenvalue weighted by Crippen LogP contribution is -2.33. The summed E-state index contributed by atoms with van der Waals surface area (Å²) in [7, 11) is 0. The Hall–Kier alpha value is -1.61. The van der Waals surface area contributed by atoms with Gasteiger partial charge in [0.2, 0.25) is 0 Å². The maximum absolute atomic E-state index is 6.30. The lowest BCUT2D eigenvalue weighted by molar-refractivity contribution is 0.373. The number of rotatable bonds is 4. The first-order chi connectivity index (χ1) is 9.33. The van der Waals surface area contributed by atoms with Gasteiger partial charge in [0.1, 0.15) is 0 Å². The Balaban J connectivity index is 1.68. The number of hydrogen-bond acceptors (Lipinski definition) is 2. The van der Waals surface area contributed by atoms with Gasteiger partial charge in [0, 0.05) is 17.8 Å². The predicted octanol–water partition coefficient (Wildman–Crippen LogP) is 3.07. The minimum atomic E-state index is 0.242. The van der Waals surface area contributed by atoms with Crippen molar-refractivity contribution in [2.24, 2.45) is 11.7 Å². The van der Waals surface area contributed by atoms with Gasteiger partial charge in [0.05, 0.1) is 12.7 Å². The third-order valence-electron chi connectivity index (χ3n) is 4.14.